The highest BCUT2D eigenvalue weighted by atomic mass is 16.2. The van der Waals surface area contributed by atoms with E-state index in [4.69, 9.17) is 0 Å². The number of benzene rings is 2. The summed E-state index contributed by atoms with van der Waals surface area (Å²) in [5.41, 5.74) is 3.30. The molecule has 5 nitrogen and oxygen atoms in total. The SMILES string of the molecule is Cc1c(C(=O)N2CCCC2)c2c([nH]c3ccccc32)c(=O)n1-c1ccccc1. The summed E-state index contributed by atoms with van der Waals surface area (Å²) in [6, 6.07) is 17.3. The molecule has 1 aliphatic heterocycles. The number of para-hydroxylation sites is 2. The maximum Gasteiger partial charge on any atom is 0.279 e. The molecular weight excluding hydrogens is 350 g/mol. The lowest BCUT2D eigenvalue weighted by atomic mass is 10.0. The number of pyridine rings is 1. The fraction of sp³-hybridized carbons (Fsp3) is 0.217. The van der Waals surface area contributed by atoms with Crippen LogP contribution in [0.25, 0.3) is 27.5 Å². The van der Waals surface area contributed by atoms with Crippen molar-refractivity contribution in [3.63, 3.8) is 0 Å². The number of hydrogen-bond acceptors (Lipinski definition) is 2. The first-order chi connectivity index (χ1) is 13.7. The third-order valence-electron chi connectivity index (χ3n) is 5.69. The minimum atomic E-state index is -0.132. The van der Waals surface area contributed by atoms with Crippen molar-refractivity contribution in [2.24, 2.45) is 0 Å². The zero-order chi connectivity index (χ0) is 19.3. The molecule has 0 radical (unpaired) electrons. The van der Waals surface area contributed by atoms with E-state index in [-0.39, 0.29) is 11.5 Å². The van der Waals surface area contributed by atoms with Gasteiger partial charge in [-0.1, -0.05) is 36.4 Å². The number of carbonyl (C=O) groups is 1. The van der Waals surface area contributed by atoms with Gasteiger partial charge in [0.2, 0.25) is 0 Å². The van der Waals surface area contributed by atoms with Crippen molar-refractivity contribution in [3.8, 4) is 5.69 Å². The Morgan fingerprint density at radius 1 is 0.964 bits per heavy atom. The molecule has 1 N–H and O–H groups in total. The highest BCUT2D eigenvalue weighted by Gasteiger charge is 2.28. The molecule has 3 heterocycles. The van der Waals surface area contributed by atoms with Crippen LogP contribution >= 0.6 is 0 Å². The van der Waals surface area contributed by atoms with Gasteiger partial charge in [-0.2, -0.15) is 0 Å². The number of carbonyl (C=O) groups excluding carboxylic acids is 1. The third kappa shape index (κ3) is 2.39. The fourth-order valence-corrected chi connectivity index (χ4v) is 4.35. The Balaban J connectivity index is 1.92. The highest BCUT2D eigenvalue weighted by molar-refractivity contribution is 6.18. The summed E-state index contributed by atoms with van der Waals surface area (Å²) in [6.07, 6.45) is 2.06. The maximum absolute atomic E-state index is 13.5. The molecule has 0 bridgehead atoms. The number of hydrogen-bond donors (Lipinski definition) is 1. The van der Waals surface area contributed by atoms with Gasteiger partial charge in [0.25, 0.3) is 11.5 Å². The van der Waals surface area contributed by atoms with Crippen molar-refractivity contribution in [2.75, 3.05) is 13.1 Å². The van der Waals surface area contributed by atoms with Crippen molar-refractivity contribution in [2.45, 2.75) is 19.8 Å². The van der Waals surface area contributed by atoms with Gasteiger partial charge in [-0.15, -0.1) is 0 Å². The molecular formula is C23H21N3O2. The average molecular weight is 371 g/mol. The summed E-state index contributed by atoms with van der Waals surface area (Å²) in [5.74, 6) is 0.00874. The van der Waals surface area contributed by atoms with Gasteiger partial charge in [-0.05, 0) is 38.0 Å². The molecule has 0 spiro atoms. The Kier molecular flexibility index (Phi) is 3.83. The first-order valence-electron chi connectivity index (χ1n) is 9.67. The predicted octanol–water partition coefficient (Wildman–Crippen LogP) is 4.02. The van der Waals surface area contributed by atoms with E-state index < -0.39 is 0 Å². The Morgan fingerprint density at radius 3 is 2.39 bits per heavy atom. The Hall–Kier alpha value is -3.34. The number of rotatable bonds is 2. The second kappa shape index (κ2) is 6.37. The van der Waals surface area contributed by atoms with Crippen molar-refractivity contribution < 1.29 is 4.79 Å². The van der Waals surface area contributed by atoms with Crippen LogP contribution in [0.2, 0.25) is 0 Å². The molecule has 0 unspecified atom stereocenters. The molecule has 2 aromatic carbocycles. The summed E-state index contributed by atoms with van der Waals surface area (Å²) in [6.45, 7) is 3.41. The van der Waals surface area contributed by atoms with E-state index in [0.29, 0.717) is 16.8 Å². The first-order valence-corrected chi connectivity index (χ1v) is 9.67. The van der Waals surface area contributed by atoms with Gasteiger partial charge < -0.3 is 9.88 Å². The summed E-state index contributed by atoms with van der Waals surface area (Å²) >= 11 is 0. The molecule has 140 valence electrons. The number of aromatic amines is 1. The Morgan fingerprint density at radius 2 is 1.64 bits per heavy atom. The van der Waals surface area contributed by atoms with Crippen molar-refractivity contribution in [1.29, 1.82) is 0 Å². The zero-order valence-electron chi connectivity index (χ0n) is 15.7. The molecule has 0 atom stereocenters. The molecule has 1 fully saturated rings. The maximum atomic E-state index is 13.5. The van der Waals surface area contributed by atoms with E-state index >= 15 is 0 Å². The summed E-state index contributed by atoms with van der Waals surface area (Å²) in [5, 5.41) is 1.66. The molecule has 0 saturated carbocycles. The number of likely N-dealkylation sites (tertiary alicyclic amines) is 1. The van der Waals surface area contributed by atoms with E-state index in [1.54, 1.807) is 4.57 Å². The molecule has 4 aromatic rings. The van der Waals surface area contributed by atoms with Crippen LogP contribution in [-0.4, -0.2) is 33.4 Å². The summed E-state index contributed by atoms with van der Waals surface area (Å²) < 4.78 is 1.65. The number of amides is 1. The second-order valence-electron chi connectivity index (χ2n) is 7.36. The third-order valence-corrected chi connectivity index (χ3v) is 5.69. The van der Waals surface area contributed by atoms with Gasteiger partial charge in [-0.25, -0.2) is 0 Å². The number of fused-ring (bicyclic) bond motifs is 3. The van der Waals surface area contributed by atoms with E-state index in [9.17, 15) is 9.59 Å². The Bertz CT molecular complexity index is 1260. The lowest BCUT2D eigenvalue weighted by molar-refractivity contribution is 0.0793. The molecule has 5 heteroatoms. The van der Waals surface area contributed by atoms with Gasteiger partial charge >= 0.3 is 0 Å². The molecule has 2 aromatic heterocycles. The van der Waals surface area contributed by atoms with Crippen LogP contribution in [0, 0.1) is 6.92 Å². The van der Waals surface area contributed by atoms with Crippen LogP contribution in [0.1, 0.15) is 28.9 Å². The van der Waals surface area contributed by atoms with E-state index in [2.05, 4.69) is 4.98 Å². The molecule has 5 rings (SSSR count). The van der Waals surface area contributed by atoms with Gasteiger partial charge in [0.1, 0.15) is 5.52 Å². The minimum absolute atomic E-state index is 0.00874. The normalized spacial score (nSPS) is 14.2. The Labute approximate surface area is 162 Å². The predicted molar refractivity (Wildman–Crippen MR) is 111 cm³/mol. The van der Waals surface area contributed by atoms with Gasteiger partial charge in [-0.3, -0.25) is 14.2 Å². The van der Waals surface area contributed by atoms with Crippen LogP contribution in [0.4, 0.5) is 0 Å². The van der Waals surface area contributed by atoms with Crippen LogP contribution in [0.15, 0.2) is 59.4 Å². The van der Waals surface area contributed by atoms with Gasteiger partial charge in [0.15, 0.2) is 0 Å². The fourth-order valence-electron chi connectivity index (χ4n) is 4.35. The second-order valence-corrected chi connectivity index (χ2v) is 7.36. The summed E-state index contributed by atoms with van der Waals surface area (Å²) in [7, 11) is 0. The molecule has 28 heavy (non-hydrogen) atoms. The molecule has 1 amide bonds. The van der Waals surface area contributed by atoms with Gasteiger partial charge in [0.05, 0.1) is 5.56 Å². The molecule has 0 aliphatic carbocycles. The van der Waals surface area contributed by atoms with E-state index in [0.717, 1.165) is 47.9 Å². The van der Waals surface area contributed by atoms with Gasteiger partial charge in [0, 0.05) is 40.8 Å². The van der Waals surface area contributed by atoms with E-state index in [1.165, 1.54) is 0 Å². The minimum Gasteiger partial charge on any atom is -0.350 e. The van der Waals surface area contributed by atoms with Crippen LogP contribution in [-0.2, 0) is 0 Å². The smallest absolute Gasteiger partial charge is 0.279 e. The largest absolute Gasteiger partial charge is 0.350 e. The van der Waals surface area contributed by atoms with Crippen LogP contribution in [0.3, 0.4) is 0 Å². The standard InChI is InChI=1S/C23H21N3O2/c1-15-19(22(27)25-13-7-8-14-25)20-17-11-5-6-12-18(17)24-21(20)23(28)26(15)16-9-3-2-4-10-16/h2-6,9-12,24H,7-8,13-14H2,1H3. The number of H-pyrrole nitrogens is 1. The lowest BCUT2D eigenvalue weighted by Crippen LogP contribution is -2.31. The van der Waals surface area contributed by atoms with Crippen LogP contribution < -0.4 is 5.56 Å². The topological polar surface area (TPSA) is 58.1 Å². The monoisotopic (exact) mass is 371 g/mol. The van der Waals surface area contributed by atoms with Crippen molar-refractivity contribution in [3.05, 3.63) is 76.2 Å². The molecule has 1 saturated heterocycles. The van der Waals surface area contributed by atoms with Crippen molar-refractivity contribution >= 4 is 27.7 Å². The van der Waals surface area contributed by atoms with Crippen molar-refractivity contribution in [1.82, 2.24) is 14.5 Å². The highest BCUT2D eigenvalue weighted by Crippen LogP contribution is 2.31. The quantitative estimate of drug-likeness (QED) is 0.579. The number of nitrogens with zero attached hydrogens (tertiary/aromatic N) is 2. The summed E-state index contributed by atoms with van der Waals surface area (Å²) in [4.78, 5) is 32.1. The average Bonchev–Trinajstić information content (AvgIpc) is 3.37. The lowest BCUT2D eigenvalue weighted by Gasteiger charge is -2.20. The van der Waals surface area contributed by atoms with E-state index in [1.807, 2.05) is 66.4 Å². The number of nitrogens with one attached hydrogen (secondary N) is 1. The van der Waals surface area contributed by atoms with Crippen LogP contribution in [0.5, 0.6) is 0 Å². The first kappa shape index (κ1) is 16.8. The zero-order valence-corrected chi connectivity index (χ0v) is 15.7. The molecule has 1 aliphatic rings. The number of aromatic nitrogens is 2.